The largest absolute Gasteiger partial charge is 0.496 e. The van der Waals surface area contributed by atoms with E-state index in [1.165, 1.54) is 31.6 Å². The van der Waals surface area contributed by atoms with Crippen molar-refractivity contribution in [3.63, 3.8) is 0 Å². The highest BCUT2D eigenvalue weighted by Gasteiger charge is 2.31. The summed E-state index contributed by atoms with van der Waals surface area (Å²) >= 11 is 0. The maximum Gasteiger partial charge on any atom is 0.259 e. The third-order valence-electron chi connectivity index (χ3n) is 7.50. The minimum absolute atomic E-state index is 0.235. The van der Waals surface area contributed by atoms with Gasteiger partial charge in [0.2, 0.25) is 5.91 Å². The number of anilines is 1. The monoisotopic (exact) mass is 470 g/mol. The number of benzene rings is 2. The second-order valence-electron chi connectivity index (χ2n) is 9.57. The van der Waals surface area contributed by atoms with Gasteiger partial charge in [-0.2, -0.15) is 5.26 Å². The standard InChI is InChI=1S/C28H30N4O3/c1-35-26-9-6-18(16-29)14-23(26)27(33)31-21-7-8-25-22(15-21)24(17-30-25)19-10-12-32(13-11-19)28(34)20-4-2-3-5-20/h6-9,14-15,17,19-20,30H,2-5,10-13H2,1H3,(H,31,33). The second-order valence-corrected chi connectivity index (χ2v) is 9.57. The van der Waals surface area contributed by atoms with Crippen LogP contribution in [-0.4, -0.2) is 41.9 Å². The van der Waals surface area contributed by atoms with Crippen molar-refractivity contribution in [2.75, 3.05) is 25.5 Å². The lowest BCUT2D eigenvalue weighted by Gasteiger charge is -2.33. The van der Waals surface area contributed by atoms with E-state index >= 15 is 0 Å². The molecule has 0 unspecified atom stereocenters. The molecule has 0 atom stereocenters. The molecule has 180 valence electrons. The number of ether oxygens (including phenoxy) is 1. The van der Waals surface area contributed by atoms with Crippen LogP contribution in [-0.2, 0) is 4.79 Å². The first-order chi connectivity index (χ1) is 17.1. The lowest BCUT2D eigenvalue weighted by Crippen LogP contribution is -2.40. The van der Waals surface area contributed by atoms with Crippen molar-refractivity contribution in [3.05, 3.63) is 59.3 Å². The molecule has 2 fully saturated rings. The van der Waals surface area contributed by atoms with E-state index in [-0.39, 0.29) is 11.8 Å². The Morgan fingerprint density at radius 1 is 1.09 bits per heavy atom. The Balaban J connectivity index is 1.31. The van der Waals surface area contributed by atoms with Gasteiger partial charge in [-0.3, -0.25) is 9.59 Å². The first-order valence-corrected chi connectivity index (χ1v) is 12.4. The summed E-state index contributed by atoms with van der Waals surface area (Å²) in [6.07, 6.45) is 8.40. The zero-order chi connectivity index (χ0) is 24.4. The molecule has 0 bridgehead atoms. The van der Waals surface area contributed by atoms with Gasteiger partial charge in [0, 0.05) is 41.8 Å². The summed E-state index contributed by atoms with van der Waals surface area (Å²) in [4.78, 5) is 31.2. The van der Waals surface area contributed by atoms with Gasteiger partial charge in [-0.1, -0.05) is 12.8 Å². The van der Waals surface area contributed by atoms with Crippen LogP contribution in [0.3, 0.4) is 0 Å². The number of hydrogen-bond acceptors (Lipinski definition) is 4. The van der Waals surface area contributed by atoms with Crippen LogP contribution in [0.4, 0.5) is 5.69 Å². The average Bonchev–Trinajstić information content (AvgIpc) is 3.58. The smallest absolute Gasteiger partial charge is 0.259 e. The van der Waals surface area contributed by atoms with Crippen LogP contribution in [0.1, 0.15) is 65.9 Å². The van der Waals surface area contributed by atoms with E-state index in [4.69, 9.17) is 4.74 Å². The quantitative estimate of drug-likeness (QED) is 0.536. The Morgan fingerprint density at radius 2 is 1.86 bits per heavy atom. The molecule has 1 aromatic heterocycles. The zero-order valence-electron chi connectivity index (χ0n) is 20.0. The number of amides is 2. The Labute approximate surface area is 205 Å². The molecule has 3 aromatic rings. The topological polar surface area (TPSA) is 98.2 Å². The van der Waals surface area contributed by atoms with Crippen LogP contribution >= 0.6 is 0 Å². The van der Waals surface area contributed by atoms with Gasteiger partial charge >= 0.3 is 0 Å². The molecule has 2 heterocycles. The zero-order valence-corrected chi connectivity index (χ0v) is 20.0. The Bertz CT molecular complexity index is 1290. The highest BCUT2D eigenvalue weighted by atomic mass is 16.5. The average molecular weight is 471 g/mol. The van der Waals surface area contributed by atoms with Crippen LogP contribution in [0, 0.1) is 17.2 Å². The summed E-state index contributed by atoms with van der Waals surface area (Å²) in [5, 5.41) is 13.2. The van der Waals surface area contributed by atoms with Crippen molar-refractivity contribution in [1.29, 1.82) is 5.26 Å². The Hall–Kier alpha value is -3.79. The predicted molar refractivity (Wildman–Crippen MR) is 134 cm³/mol. The number of piperidine rings is 1. The van der Waals surface area contributed by atoms with Crippen molar-refractivity contribution in [2.24, 2.45) is 5.92 Å². The lowest BCUT2D eigenvalue weighted by atomic mass is 9.88. The van der Waals surface area contributed by atoms with Crippen molar-refractivity contribution < 1.29 is 14.3 Å². The summed E-state index contributed by atoms with van der Waals surface area (Å²) in [7, 11) is 1.50. The second kappa shape index (κ2) is 9.83. The number of nitrogens with one attached hydrogen (secondary N) is 2. The molecule has 2 aliphatic rings. The van der Waals surface area contributed by atoms with Crippen LogP contribution in [0.2, 0.25) is 0 Å². The number of nitriles is 1. The summed E-state index contributed by atoms with van der Waals surface area (Å²) < 4.78 is 5.31. The molecule has 5 rings (SSSR count). The number of carbonyl (C=O) groups is 2. The molecule has 1 saturated heterocycles. The highest BCUT2D eigenvalue weighted by Crippen LogP contribution is 2.36. The van der Waals surface area contributed by atoms with Crippen LogP contribution < -0.4 is 10.1 Å². The Kier molecular flexibility index (Phi) is 6.45. The molecule has 7 nitrogen and oxygen atoms in total. The number of aromatic nitrogens is 1. The van der Waals surface area contributed by atoms with E-state index in [9.17, 15) is 14.9 Å². The van der Waals surface area contributed by atoms with Gasteiger partial charge in [0.05, 0.1) is 24.3 Å². The third-order valence-corrected chi connectivity index (χ3v) is 7.50. The highest BCUT2D eigenvalue weighted by molar-refractivity contribution is 6.07. The van der Waals surface area contributed by atoms with Crippen molar-refractivity contribution in [1.82, 2.24) is 9.88 Å². The number of H-pyrrole nitrogens is 1. The molecule has 1 saturated carbocycles. The molecule has 1 aliphatic heterocycles. The van der Waals surface area contributed by atoms with E-state index in [0.717, 1.165) is 49.7 Å². The van der Waals surface area contributed by atoms with Crippen molar-refractivity contribution in [3.8, 4) is 11.8 Å². The van der Waals surface area contributed by atoms with Gasteiger partial charge in [-0.15, -0.1) is 0 Å². The molecule has 7 heteroatoms. The third kappa shape index (κ3) is 4.61. The number of nitrogens with zero attached hydrogens (tertiary/aromatic N) is 2. The molecule has 1 aliphatic carbocycles. The first-order valence-electron chi connectivity index (χ1n) is 12.4. The van der Waals surface area contributed by atoms with Crippen LogP contribution in [0.5, 0.6) is 5.75 Å². The van der Waals surface area contributed by atoms with Gasteiger partial charge < -0.3 is 19.9 Å². The van der Waals surface area contributed by atoms with Crippen molar-refractivity contribution in [2.45, 2.75) is 44.4 Å². The maximum atomic E-state index is 13.0. The van der Waals surface area contributed by atoms with Gasteiger partial charge in [0.1, 0.15) is 5.75 Å². The predicted octanol–water partition coefficient (Wildman–Crippen LogP) is 5.20. The lowest BCUT2D eigenvalue weighted by molar-refractivity contribution is -0.136. The van der Waals surface area contributed by atoms with Crippen molar-refractivity contribution >= 4 is 28.4 Å². The van der Waals surface area contributed by atoms with E-state index in [1.54, 1.807) is 12.1 Å². The number of methoxy groups -OCH3 is 1. The minimum atomic E-state index is -0.325. The normalized spacial score (nSPS) is 16.9. The van der Waals surface area contributed by atoms with E-state index in [2.05, 4.69) is 27.5 Å². The van der Waals surface area contributed by atoms with Gasteiger partial charge in [0.25, 0.3) is 5.91 Å². The fraction of sp³-hybridized carbons (Fsp3) is 0.393. The number of carbonyl (C=O) groups excluding carboxylic acids is 2. The number of rotatable bonds is 5. The van der Waals surface area contributed by atoms with Gasteiger partial charge in [-0.05, 0) is 73.6 Å². The molecular weight excluding hydrogens is 440 g/mol. The molecule has 0 radical (unpaired) electrons. The number of likely N-dealkylation sites (tertiary alicyclic amines) is 1. The van der Waals surface area contributed by atoms with Crippen LogP contribution in [0.25, 0.3) is 10.9 Å². The van der Waals surface area contributed by atoms with Gasteiger partial charge in [0.15, 0.2) is 0 Å². The fourth-order valence-corrected chi connectivity index (χ4v) is 5.55. The van der Waals surface area contributed by atoms with E-state index < -0.39 is 0 Å². The first kappa shape index (κ1) is 23.0. The summed E-state index contributed by atoms with van der Waals surface area (Å²) in [6, 6.07) is 12.7. The molecule has 2 aromatic carbocycles. The summed E-state index contributed by atoms with van der Waals surface area (Å²) in [5.74, 6) is 1.05. The number of aromatic amines is 1. The number of hydrogen-bond donors (Lipinski definition) is 2. The SMILES string of the molecule is COc1ccc(C#N)cc1C(=O)Nc1ccc2[nH]cc(C3CCN(C(=O)C4CCCC4)CC3)c2c1. The molecule has 2 amide bonds. The summed E-state index contributed by atoms with van der Waals surface area (Å²) in [6.45, 7) is 1.61. The minimum Gasteiger partial charge on any atom is -0.496 e. The molecule has 35 heavy (non-hydrogen) atoms. The number of fused-ring (bicyclic) bond motifs is 1. The molecular formula is C28H30N4O3. The van der Waals surface area contributed by atoms with E-state index in [1.807, 2.05) is 18.2 Å². The molecule has 0 spiro atoms. The summed E-state index contributed by atoms with van der Waals surface area (Å²) in [5.41, 5.74) is 3.65. The van der Waals surface area contributed by atoms with Crippen LogP contribution in [0.15, 0.2) is 42.6 Å². The fourth-order valence-electron chi connectivity index (χ4n) is 5.55. The molecule has 2 N–H and O–H groups in total. The van der Waals surface area contributed by atoms with E-state index in [0.29, 0.717) is 34.4 Å². The van der Waals surface area contributed by atoms with Gasteiger partial charge in [-0.25, -0.2) is 0 Å². The Morgan fingerprint density at radius 3 is 2.57 bits per heavy atom. The maximum absolute atomic E-state index is 13.0.